The van der Waals surface area contributed by atoms with Crippen molar-refractivity contribution in [2.45, 2.75) is 51.3 Å². The molecule has 0 saturated carbocycles. The number of aromatic nitrogens is 4. The van der Waals surface area contributed by atoms with Gasteiger partial charge >= 0.3 is 0 Å². The highest BCUT2D eigenvalue weighted by Crippen LogP contribution is 2.28. The molecule has 7 heteroatoms. The van der Waals surface area contributed by atoms with Gasteiger partial charge in [-0.05, 0) is 42.1 Å². The molecule has 1 fully saturated rings. The Balaban J connectivity index is 1.20. The van der Waals surface area contributed by atoms with Crippen LogP contribution in [0.2, 0.25) is 25.7 Å². The Morgan fingerprint density at radius 2 is 1.63 bits per heavy atom. The minimum Gasteiger partial charge on any atom is -0.361 e. The largest absolute Gasteiger partial charge is 0.361 e. The van der Waals surface area contributed by atoms with E-state index in [4.69, 9.17) is 4.74 Å². The van der Waals surface area contributed by atoms with Crippen molar-refractivity contribution < 1.29 is 4.74 Å². The quantitative estimate of drug-likeness (QED) is 0.214. The number of hydrogen-bond acceptors (Lipinski definition) is 4. The monoisotopic (exact) mass is 485 g/mol. The van der Waals surface area contributed by atoms with Crippen molar-refractivity contribution in [3.8, 4) is 33.6 Å². The zero-order chi connectivity index (χ0) is 24.3. The first-order chi connectivity index (χ1) is 16.9. The summed E-state index contributed by atoms with van der Waals surface area (Å²) in [6.45, 7) is 9.55. The number of ether oxygens (including phenoxy) is 1. The molecule has 0 amide bonds. The molecule has 1 saturated heterocycles. The zero-order valence-corrected chi connectivity index (χ0v) is 21.9. The molecule has 1 aliphatic heterocycles. The number of aromatic amines is 1. The van der Waals surface area contributed by atoms with Crippen molar-refractivity contribution in [1.29, 1.82) is 0 Å². The molecule has 182 valence electrons. The number of rotatable bonds is 9. The molecule has 1 aliphatic rings. The maximum absolute atomic E-state index is 5.84. The Morgan fingerprint density at radius 1 is 0.943 bits per heavy atom. The van der Waals surface area contributed by atoms with E-state index in [1.165, 1.54) is 23.6 Å². The van der Waals surface area contributed by atoms with Crippen LogP contribution in [-0.4, -0.2) is 40.7 Å². The van der Waals surface area contributed by atoms with Crippen LogP contribution in [0, 0.1) is 0 Å². The normalized spacial score (nSPS) is 16.1. The molecule has 0 aliphatic carbocycles. The van der Waals surface area contributed by atoms with Gasteiger partial charge in [0.2, 0.25) is 0 Å². The van der Waals surface area contributed by atoms with E-state index in [-0.39, 0.29) is 0 Å². The SMILES string of the molecule is C[Si](C)(C)CCOCn1cnc(-c2ccc(-c3ccc(-c4cnc([C@H]5CCCN5)[nH]4)cc3)cc2)c1. The molecule has 2 aromatic heterocycles. The predicted molar refractivity (Wildman–Crippen MR) is 145 cm³/mol. The van der Waals surface area contributed by atoms with Crippen LogP contribution < -0.4 is 5.32 Å². The zero-order valence-electron chi connectivity index (χ0n) is 20.9. The molecule has 2 N–H and O–H groups in total. The van der Waals surface area contributed by atoms with Crippen LogP contribution >= 0.6 is 0 Å². The number of nitrogens with zero attached hydrogens (tertiary/aromatic N) is 3. The number of nitrogens with one attached hydrogen (secondary N) is 2. The van der Waals surface area contributed by atoms with Gasteiger partial charge in [-0.25, -0.2) is 9.97 Å². The molecule has 1 atom stereocenters. The molecule has 6 nitrogen and oxygen atoms in total. The first kappa shape index (κ1) is 23.7. The van der Waals surface area contributed by atoms with Gasteiger partial charge in [0, 0.05) is 26.4 Å². The van der Waals surface area contributed by atoms with E-state index >= 15 is 0 Å². The van der Waals surface area contributed by atoms with Gasteiger partial charge in [-0.3, -0.25) is 0 Å². The van der Waals surface area contributed by atoms with E-state index in [9.17, 15) is 0 Å². The van der Waals surface area contributed by atoms with Crippen molar-refractivity contribution in [3.63, 3.8) is 0 Å². The van der Waals surface area contributed by atoms with E-state index in [1.54, 1.807) is 0 Å². The third-order valence-corrected chi connectivity index (χ3v) is 8.27. The first-order valence-electron chi connectivity index (χ1n) is 12.5. The van der Waals surface area contributed by atoms with Gasteiger partial charge in [0.25, 0.3) is 0 Å². The second-order valence-corrected chi connectivity index (χ2v) is 16.2. The molecule has 0 unspecified atom stereocenters. The third kappa shape index (κ3) is 5.98. The summed E-state index contributed by atoms with van der Waals surface area (Å²) in [5.41, 5.74) is 6.67. The van der Waals surface area contributed by atoms with Crippen LogP contribution in [0.4, 0.5) is 0 Å². The summed E-state index contributed by atoms with van der Waals surface area (Å²) in [5.74, 6) is 1.04. The van der Waals surface area contributed by atoms with Crippen LogP contribution in [0.3, 0.4) is 0 Å². The van der Waals surface area contributed by atoms with Gasteiger partial charge in [0.1, 0.15) is 12.6 Å². The summed E-state index contributed by atoms with van der Waals surface area (Å²) in [6.07, 6.45) is 8.20. The number of H-pyrrole nitrogens is 1. The van der Waals surface area contributed by atoms with Crippen LogP contribution in [0.1, 0.15) is 24.7 Å². The highest BCUT2D eigenvalue weighted by molar-refractivity contribution is 6.76. The van der Waals surface area contributed by atoms with E-state index in [0.29, 0.717) is 12.8 Å². The minimum absolute atomic E-state index is 0.357. The Kier molecular flexibility index (Phi) is 6.99. The van der Waals surface area contributed by atoms with Gasteiger partial charge in [0.15, 0.2) is 0 Å². The average molecular weight is 486 g/mol. The van der Waals surface area contributed by atoms with Gasteiger partial charge in [-0.2, -0.15) is 0 Å². The van der Waals surface area contributed by atoms with Crippen LogP contribution in [0.25, 0.3) is 33.6 Å². The first-order valence-corrected chi connectivity index (χ1v) is 16.2. The highest BCUT2D eigenvalue weighted by atomic mass is 28.3. The standard InChI is InChI=1S/C28H35N5OSi/c1-35(2,3)16-15-34-20-33-18-27(31-19-33)24-12-8-22(9-13-24)21-6-10-23(11-7-21)26-17-30-28(32-26)25-5-4-14-29-25/h6-13,17-19,25,29H,4-5,14-16,20H2,1-3H3,(H,30,32)/t25-/m1/s1. The summed E-state index contributed by atoms with van der Waals surface area (Å²) in [7, 11) is -1.06. The smallest absolute Gasteiger partial charge is 0.123 e. The van der Waals surface area contributed by atoms with Crippen LogP contribution in [0.15, 0.2) is 67.3 Å². The van der Waals surface area contributed by atoms with Gasteiger partial charge < -0.3 is 19.6 Å². The molecule has 0 spiro atoms. The third-order valence-electron chi connectivity index (χ3n) is 6.57. The summed E-state index contributed by atoms with van der Waals surface area (Å²) in [5, 5.41) is 3.50. The fraction of sp³-hybridized carbons (Fsp3) is 0.357. The molecule has 0 bridgehead atoms. The Labute approximate surface area is 208 Å². The number of benzene rings is 2. The molecule has 35 heavy (non-hydrogen) atoms. The number of hydrogen-bond donors (Lipinski definition) is 2. The lowest BCUT2D eigenvalue weighted by molar-refractivity contribution is 0.0872. The molecule has 2 aromatic carbocycles. The van der Waals surface area contributed by atoms with Gasteiger partial charge in [-0.15, -0.1) is 0 Å². The van der Waals surface area contributed by atoms with Crippen molar-refractivity contribution in [2.75, 3.05) is 13.2 Å². The Bertz CT molecular complexity index is 1230. The highest BCUT2D eigenvalue weighted by Gasteiger charge is 2.19. The van der Waals surface area contributed by atoms with Gasteiger partial charge in [-0.1, -0.05) is 68.2 Å². The maximum Gasteiger partial charge on any atom is 0.123 e. The van der Waals surface area contributed by atoms with Crippen molar-refractivity contribution in [1.82, 2.24) is 24.8 Å². The maximum atomic E-state index is 5.84. The second-order valence-electron chi connectivity index (χ2n) is 10.6. The average Bonchev–Trinajstić information content (AvgIpc) is 3.63. The molecular formula is C28H35N5OSi. The summed E-state index contributed by atoms with van der Waals surface area (Å²) in [4.78, 5) is 12.7. The summed E-state index contributed by atoms with van der Waals surface area (Å²) >= 11 is 0. The predicted octanol–water partition coefficient (Wildman–Crippen LogP) is 6.34. The van der Waals surface area contributed by atoms with Crippen LogP contribution in [-0.2, 0) is 11.5 Å². The lowest BCUT2D eigenvalue weighted by Gasteiger charge is -2.15. The van der Waals surface area contributed by atoms with Crippen LogP contribution in [0.5, 0.6) is 0 Å². The molecule has 0 radical (unpaired) electrons. The van der Waals surface area contributed by atoms with E-state index in [1.807, 2.05) is 17.1 Å². The lowest BCUT2D eigenvalue weighted by Crippen LogP contribution is -2.21. The van der Waals surface area contributed by atoms with E-state index in [2.05, 4.69) is 94.6 Å². The van der Waals surface area contributed by atoms with Gasteiger partial charge in [0.05, 0.1) is 30.0 Å². The van der Waals surface area contributed by atoms with Crippen molar-refractivity contribution >= 4 is 8.07 Å². The lowest BCUT2D eigenvalue weighted by atomic mass is 10.0. The molecular weight excluding hydrogens is 450 g/mol. The minimum atomic E-state index is -1.06. The van der Waals surface area contributed by atoms with Crippen molar-refractivity contribution in [3.05, 3.63) is 73.1 Å². The topological polar surface area (TPSA) is 67.8 Å². The number of imidazole rings is 2. The molecule has 4 aromatic rings. The van der Waals surface area contributed by atoms with E-state index < -0.39 is 8.07 Å². The summed E-state index contributed by atoms with van der Waals surface area (Å²) in [6, 6.07) is 18.8. The molecule has 3 heterocycles. The molecule has 5 rings (SSSR count). The fourth-order valence-corrected chi connectivity index (χ4v) is 5.14. The van der Waals surface area contributed by atoms with E-state index in [0.717, 1.165) is 47.9 Å². The second kappa shape index (κ2) is 10.3. The Hall–Kier alpha value is -3.00. The fourth-order valence-electron chi connectivity index (χ4n) is 4.38. The Morgan fingerprint density at radius 3 is 2.29 bits per heavy atom. The van der Waals surface area contributed by atoms with Crippen molar-refractivity contribution in [2.24, 2.45) is 0 Å². The summed E-state index contributed by atoms with van der Waals surface area (Å²) < 4.78 is 7.85.